The normalized spacial score (nSPS) is 22.9. The molecular formula is C14H9N3O2. The van der Waals surface area contributed by atoms with Crippen molar-refractivity contribution in [1.29, 1.82) is 0 Å². The predicted molar refractivity (Wildman–Crippen MR) is 67.1 cm³/mol. The van der Waals surface area contributed by atoms with E-state index in [-0.39, 0.29) is 5.91 Å². The van der Waals surface area contributed by atoms with Crippen molar-refractivity contribution in [2.45, 2.75) is 5.54 Å². The highest BCUT2D eigenvalue weighted by Crippen LogP contribution is 2.47. The van der Waals surface area contributed by atoms with E-state index in [0.717, 1.165) is 22.4 Å². The lowest BCUT2D eigenvalue weighted by atomic mass is 9.88. The number of urea groups is 1. The molecule has 3 amide bonds. The molecule has 5 nitrogen and oxygen atoms in total. The van der Waals surface area contributed by atoms with Gasteiger partial charge >= 0.3 is 6.03 Å². The molecule has 2 heterocycles. The van der Waals surface area contributed by atoms with Gasteiger partial charge in [0.15, 0.2) is 5.54 Å². The average molecular weight is 251 g/mol. The van der Waals surface area contributed by atoms with Crippen LogP contribution in [-0.2, 0) is 10.3 Å². The van der Waals surface area contributed by atoms with E-state index in [2.05, 4.69) is 15.6 Å². The summed E-state index contributed by atoms with van der Waals surface area (Å²) in [5.74, 6) is -0.350. The Bertz CT molecular complexity index is 693. The first kappa shape index (κ1) is 10.3. The van der Waals surface area contributed by atoms with Crippen molar-refractivity contribution >= 4 is 11.9 Å². The lowest BCUT2D eigenvalue weighted by molar-refractivity contribution is -0.122. The van der Waals surface area contributed by atoms with Crippen LogP contribution in [0.5, 0.6) is 0 Å². The molecular weight excluding hydrogens is 242 g/mol. The molecule has 92 valence electrons. The van der Waals surface area contributed by atoms with Gasteiger partial charge in [0, 0.05) is 22.9 Å². The van der Waals surface area contributed by atoms with E-state index in [1.54, 1.807) is 12.3 Å². The zero-order valence-electron chi connectivity index (χ0n) is 9.81. The number of fused-ring (bicyclic) bond motifs is 5. The summed E-state index contributed by atoms with van der Waals surface area (Å²) in [5, 5.41) is 5.07. The second-order valence-electron chi connectivity index (χ2n) is 4.60. The number of pyridine rings is 1. The monoisotopic (exact) mass is 251 g/mol. The number of rotatable bonds is 0. The molecule has 1 saturated heterocycles. The number of carbonyl (C=O) groups excluding carboxylic acids is 2. The van der Waals surface area contributed by atoms with E-state index < -0.39 is 11.6 Å². The number of aromatic nitrogens is 1. The first-order valence-electron chi connectivity index (χ1n) is 5.92. The molecule has 1 aliphatic carbocycles. The summed E-state index contributed by atoms with van der Waals surface area (Å²) in [4.78, 5) is 28.2. The quantitative estimate of drug-likeness (QED) is 0.690. The summed E-state index contributed by atoms with van der Waals surface area (Å²) in [5.41, 5.74) is 1.99. The Morgan fingerprint density at radius 2 is 1.79 bits per heavy atom. The van der Waals surface area contributed by atoms with Crippen molar-refractivity contribution in [3.8, 4) is 11.3 Å². The number of nitrogens with zero attached hydrogens (tertiary/aromatic N) is 1. The average Bonchev–Trinajstić information content (AvgIpc) is 2.89. The van der Waals surface area contributed by atoms with Crippen LogP contribution in [0.3, 0.4) is 0 Å². The van der Waals surface area contributed by atoms with Gasteiger partial charge in [0.1, 0.15) is 0 Å². The Hall–Kier alpha value is -2.69. The van der Waals surface area contributed by atoms with Gasteiger partial charge in [0.2, 0.25) is 0 Å². The van der Waals surface area contributed by atoms with E-state index in [4.69, 9.17) is 0 Å². The molecule has 1 aliphatic heterocycles. The van der Waals surface area contributed by atoms with E-state index in [1.165, 1.54) is 0 Å². The van der Waals surface area contributed by atoms with Crippen molar-refractivity contribution in [3.05, 3.63) is 53.7 Å². The Morgan fingerprint density at radius 3 is 2.58 bits per heavy atom. The van der Waals surface area contributed by atoms with Crippen LogP contribution < -0.4 is 10.6 Å². The molecule has 0 bridgehead atoms. The van der Waals surface area contributed by atoms with Crippen LogP contribution in [0.2, 0.25) is 0 Å². The highest BCUT2D eigenvalue weighted by Gasteiger charge is 2.55. The molecule has 0 saturated carbocycles. The molecule has 1 atom stereocenters. The molecule has 2 N–H and O–H groups in total. The zero-order valence-corrected chi connectivity index (χ0v) is 9.81. The Kier molecular flexibility index (Phi) is 1.73. The molecule has 0 radical (unpaired) electrons. The maximum Gasteiger partial charge on any atom is 0.322 e. The molecule has 1 unspecified atom stereocenters. The minimum absolute atomic E-state index is 0.350. The number of carbonyl (C=O) groups is 2. The van der Waals surface area contributed by atoms with Gasteiger partial charge in [-0.2, -0.15) is 0 Å². The SMILES string of the molecule is O=C1NC(=O)C2(N1)c1ccccc1-c1ncccc12. The molecule has 5 heteroatoms. The first-order valence-corrected chi connectivity index (χ1v) is 5.92. The smallest absolute Gasteiger partial charge is 0.316 e. The van der Waals surface area contributed by atoms with Crippen molar-refractivity contribution in [3.63, 3.8) is 0 Å². The van der Waals surface area contributed by atoms with Crippen LogP contribution in [0.4, 0.5) is 4.79 Å². The van der Waals surface area contributed by atoms with Gasteiger partial charge in [-0.25, -0.2) is 4.79 Å². The summed E-state index contributed by atoms with van der Waals surface area (Å²) in [6.07, 6.45) is 1.68. The fourth-order valence-corrected chi connectivity index (χ4v) is 2.92. The number of nitrogens with one attached hydrogen (secondary N) is 2. The number of imide groups is 1. The van der Waals surface area contributed by atoms with Gasteiger partial charge in [0.05, 0.1) is 5.69 Å². The fraction of sp³-hybridized carbons (Fsp3) is 0.0714. The summed E-state index contributed by atoms with van der Waals surface area (Å²) >= 11 is 0. The molecule has 1 spiro atoms. The molecule has 1 fully saturated rings. The topological polar surface area (TPSA) is 71.1 Å². The maximum absolute atomic E-state index is 12.3. The van der Waals surface area contributed by atoms with Crippen LogP contribution in [0.1, 0.15) is 11.1 Å². The minimum atomic E-state index is -1.13. The van der Waals surface area contributed by atoms with Gasteiger partial charge < -0.3 is 5.32 Å². The molecule has 19 heavy (non-hydrogen) atoms. The molecule has 1 aromatic carbocycles. The van der Waals surface area contributed by atoms with Crippen LogP contribution in [0.25, 0.3) is 11.3 Å². The minimum Gasteiger partial charge on any atom is -0.316 e. The largest absolute Gasteiger partial charge is 0.322 e. The van der Waals surface area contributed by atoms with Gasteiger partial charge in [-0.1, -0.05) is 30.3 Å². The predicted octanol–water partition coefficient (Wildman–Crippen LogP) is 1.14. The Morgan fingerprint density at radius 1 is 1.00 bits per heavy atom. The summed E-state index contributed by atoms with van der Waals surface area (Å²) in [6, 6.07) is 10.6. The number of hydrogen-bond donors (Lipinski definition) is 2. The van der Waals surface area contributed by atoms with Crippen LogP contribution in [0.15, 0.2) is 42.6 Å². The third-order valence-electron chi connectivity index (χ3n) is 3.67. The molecule has 1 aromatic heterocycles. The van der Waals surface area contributed by atoms with E-state index >= 15 is 0 Å². The van der Waals surface area contributed by atoms with Crippen molar-refractivity contribution in [2.24, 2.45) is 0 Å². The molecule has 2 aromatic rings. The second kappa shape index (κ2) is 3.20. The summed E-state index contributed by atoms with van der Waals surface area (Å²) in [7, 11) is 0. The highest BCUT2D eigenvalue weighted by atomic mass is 16.2. The van der Waals surface area contributed by atoms with E-state index in [0.29, 0.717) is 0 Å². The Labute approximate surface area is 108 Å². The molecule has 2 aliphatic rings. The van der Waals surface area contributed by atoms with Gasteiger partial charge in [-0.3, -0.25) is 15.1 Å². The third-order valence-corrected chi connectivity index (χ3v) is 3.67. The van der Waals surface area contributed by atoms with Crippen LogP contribution in [-0.4, -0.2) is 16.9 Å². The van der Waals surface area contributed by atoms with Crippen molar-refractivity contribution in [1.82, 2.24) is 15.6 Å². The summed E-state index contributed by atoms with van der Waals surface area (Å²) < 4.78 is 0. The van der Waals surface area contributed by atoms with E-state index in [9.17, 15) is 9.59 Å². The summed E-state index contributed by atoms with van der Waals surface area (Å²) in [6.45, 7) is 0. The van der Waals surface area contributed by atoms with Gasteiger partial charge in [-0.15, -0.1) is 0 Å². The lowest BCUT2D eigenvalue weighted by Crippen LogP contribution is -2.43. The standard InChI is InChI=1S/C14H9N3O2/c18-12-14(17-13(19)16-12)9-5-2-1-4-8(9)11-10(14)6-3-7-15-11/h1-7H,(H2,16,17,18,19). The lowest BCUT2D eigenvalue weighted by Gasteiger charge is -2.22. The third kappa shape index (κ3) is 1.07. The fourth-order valence-electron chi connectivity index (χ4n) is 2.92. The highest BCUT2D eigenvalue weighted by molar-refractivity contribution is 6.12. The number of amides is 3. The first-order chi connectivity index (χ1) is 9.23. The van der Waals surface area contributed by atoms with Gasteiger partial charge in [-0.05, 0) is 6.07 Å². The number of benzene rings is 1. The van der Waals surface area contributed by atoms with E-state index in [1.807, 2.05) is 30.3 Å². The Balaban J connectivity index is 2.13. The van der Waals surface area contributed by atoms with Crippen molar-refractivity contribution in [2.75, 3.05) is 0 Å². The molecule has 4 rings (SSSR count). The van der Waals surface area contributed by atoms with Crippen LogP contribution in [0, 0.1) is 0 Å². The maximum atomic E-state index is 12.3. The second-order valence-corrected chi connectivity index (χ2v) is 4.60. The van der Waals surface area contributed by atoms with Crippen LogP contribution >= 0.6 is 0 Å². The zero-order chi connectivity index (χ0) is 13.0. The number of hydrogen-bond acceptors (Lipinski definition) is 3. The van der Waals surface area contributed by atoms with Gasteiger partial charge in [0.25, 0.3) is 5.91 Å². The van der Waals surface area contributed by atoms with Crippen molar-refractivity contribution < 1.29 is 9.59 Å².